The van der Waals surface area contributed by atoms with Crippen LogP contribution < -0.4 is 9.47 Å². The summed E-state index contributed by atoms with van der Waals surface area (Å²) in [6.45, 7) is 3.50. The van der Waals surface area contributed by atoms with E-state index < -0.39 is 12.1 Å². The SMILES string of the molecule is CCCc1nc(Oc2ccccc2)ccc1-c1noc2cc(Cl)c(O[C@H](C)C(=O)O)cc12. The molecule has 4 aromatic rings. The average molecular weight is 453 g/mol. The smallest absolute Gasteiger partial charge is 0.344 e. The minimum Gasteiger partial charge on any atom is -0.479 e. The van der Waals surface area contributed by atoms with Gasteiger partial charge in [0.15, 0.2) is 11.7 Å². The first-order chi connectivity index (χ1) is 15.5. The first-order valence-electron chi connectivity index (χ1n) is 10.2. The van der Waals surface area contributed by atoms with Gasteiger partial charge < -0.3 is 19.1 Å². The van der Waals surface area contributed by atoms with Crippen LogP contribution in [0, 0.1) is 0 Å². The van der Waals surface area contributed by atoms with Gasteiger partial charge in [-0.25, -0.2) is 9.78 Å². The summed E-state index contributed by atoms with van der Waals surface area (Å²) < 4.78 is 16.9. The molecule has 2 aromatic heterocycles. The second kappa shape index (κ2) is 9.28. The van der Waals surface area contributed by atoms with Crippen molar-refractivity contribution in [2.24, 2.45) is 0 Å². The van der Waals surface area contributed by atoms with Gasteiger partial charge in [0.25, 0.3) is 0 Å². The summed E-state index contributed by atoms with van der Waals surface area (Å²) in [5.74, 6) is 0.340. The molecule has 0 amide bonds. The highest BCUT2D eigenvalue weighted by atomic mass is 35.5. The number of aryl methyl sites for hydroxylation is 1. The number of para-hydroxylation sites is 1. The van der Waals surface area contributed by atoms with E-state index in [1.807, 2.05) is 36.4 Å². The third-order valence-corrected chi connectivity index (χ3v) is 5.13. The van der Waals surface area contributed by atoms with E-state index in [1.54, 1.807) is 18.2 Å². The van der Waals surface area contributed by atoms with E-state index in [1.165, 1.54) is 6.92 Å². The molecule has 0 unspecified atom stereocenters. The van der Waals surface area contributed by atoms with Gasteiger partial charge >= 0.3 is 5.97 Å². The van der Waals surface area contributed by atoms with Crippen LogP contribution >= 0.6 is 11.6 Å². The van der Waals surface area contributed by atoms with Crippen molar-refractivity contribution < 1.29 is 23.9 Å². The van der Waals surface area contributed by atoms with Crippen LogP contribution in [0.3, 0.4) is 0 Å². The zero-order valence-corrected chi connectivity index (χ0v) is 18.3. The highest BCUT2D eigenvalue weighted by molar-refractivity contribution is 6.32. The summed E-state index contributed by atoms with van der Waals surface area (Å²) in [5, 5.41) is 14.3. The Morgan fingerprint density at radius 1 is 1.19 bits per heavy atom. The monoisotopic (exact) mass is 452 g/mol. The number of aliphatic carboxylic acids is 1. The lowest BCUT2D eigenvalue weighted by Crippen LogP contribution is -2.22. The zero-order valence-electron chi connectivity index (χ0n) is 17.5. The second-order valence-electron chi connectivity index (χ2n) is 7.22. The maximum absolute atomic E-state index is 11.2. The Hall–Kier alpha value is -3.58. The molecule has 1 atom stereocenters. The predicted molar refractivity (Wildman–Crippen MR) is 120 cm³/mol. The van der Waals surface area contributed by atoms with Crippen molar-refractivity contribution in [2.75, 3.05) is 0 Å². The number of nitrogens with zero attached hydrogens (tertiary/aromatic N) is 2. The molecule has 4 rings (SSSR count). The van der Waals surface area contributed by atoms with Gasteiger partial charge in [0.1, 0.15) is 17.2 Å². The highest BCUT2D eigenvalue weighted by Gasteiger charge is 2.20. The number of halogens is 1. The molecular weight excluding hydrogens is 432 g/mol. The van der Waals surface area contributed by atoms with E-state index in [4.69, 9.17) is 35.7 Å². The van der Waals surface area contributed by atoms with Crippen LogP contribution in [-0.4, -0.2) is 27.3 Å². The summed E-state index contributed by atoms with van der Waals surface area (Å²) in [6, 6.07) is 16.3. The molecule has 0 radical (unpaired) electrons. The number of carbonyl (C=O) groups is 1. The van der Waals surface area contributed by atoms with Crippen molar-refractivity contribution in [2.45, 2.75) is 32.8 Å². The maximum Gasteiger partial charge on any atom is 0.344 e. The number of rotatable bonds is 8. The Kier molecular flexibility index (Phi) is 6.28. The van der Waals surface area contributed by atoms with Gasteiger partial charge in [0.05, 0.1) is 16.1 Å². The first kappa shape index (κ1) is 21.6. The van der Waals surface area contributed by atoms with E-state index in [-0.39, 0.29) is 10.8 Å². The zero-order chi connectivity index (χ0) is 22.7. The standard InChI is InChI=1S/C24H21ClN2O5/c1-3-7-19-16(10-11-22(26-19)31-15-8-5-4-6-9-15)23-17-12-21(30-14(2)24(28)29)18(25)13-20(17)32-27-23/h4-6,8-14H,3,7H2,1-2H3,(H,28,29)/t14-/m1/s1. The number of hydrogen-bond donors (Lipinski definition) is 1. The number of hydrogen-bond acceptors (Lipinski definition) is 6. The van der Waals surface area contributed by atoms with Crippen LogP contribution in [0.1, 0.15) is 26.0 Å². The van der Waals surface area contributed by atoms with Crippen LogP contribution in [0.25, 0.3) is 22.2 Å². The Bertz CT molecular complexity index is 1260. The molecule has 0 aliphatic rings. The molecular formula is C24H21ClN2O5. The maximum atomic E-state index is 11.2. The molecule has 8 heteroatoms. The van der Waals surface area contributed by atoms with Crippen LogP contribution in [0.15, 0.2) is 59.1 Å². The van der Waals surface area contributed by atoms with Crippen molar-refractivity contribution >= 4 is 28.5 Å². The minimum atomic E-state index is -1.09. The highest BCUT2D eigenvalue weighted by Crippen LogP contribution is 2.37. The quantitative estimate of drug-likeness (QED) is 0.343. The lowest BCUT2D eigenvalue weighted by molar-refractivity contribution is -0.144. The van der Waals surface area contributed by atoms with E-state index in [2.05, 4.69) is 12.1 Å². The molecule has 32 heavy (non-hydrogen) atoms. The predicted octanol–water partition coefficient (Wildman–Crippen LogP) is 6.14. The second-order valence-corrected chi connectivity index (χ2v) is 7.62. The third-order valence-electron chi connectivity index (χ3n) is 4.83. The Morgan fingerprint density at radius 2 is 1.97 bits per heavy atom. The molecule has 2 heterocycles. The van der Waals surface area contributed by atoms with Crippen molar-refractivity contribution in [1.29, 1.82) is 0 Å². The van der Waals surface area contributed by atoms with Gasteiger partial charge in [0.2, 0.25) is 5.88 Å². The fourth-order valence-electron chi connectivity index (χ4n) is 3.26. The van der Waals surface area contributed by atoms with Crippen LogP contribution in [0.4, 0.5) is 0 Å². The van der Waals surface area contributed by atoms with Crippen LogP contribution in [0.5, 0.6) is 17.4 Å². The average Bonchev–Trinajstić information content (AvgIpc) is 3.17. The molecule has 1 N–H and O–H groups in total. The largest absolute Gasteiger partial charge is 0.479 e. The number of aromatic nitrogens is 2. The fraction of sp³-hybridized carbons (Fsp3) is 0.208. The summed E-state index contributed by atoms with van der Waals surface area (Å²) in [7, 11) is 0. The van der Waals surface area contributed by atoms with E-state index in [9.17, 15) is 4.79 Å². The first-order valence-corrected chi connectivity index (χ1v) is 10.6. The molecule has 0 aliphatic carbocycles. The number of fused-ring (bicyclic) bond motifs is 1. The number of carboxylic acid groups (broad SMARTS) is 1. The summed E-state index contributed by atoms with van der Waals surface area (Å²) >= 11 is 6.25. The fourth-order valence-corrected chi connectivity index (χ4v) is 3.45. The molecule has 0 fully saturated rings. The van der Waals surface area contributed by atoms with Gasteiger partial charge in [-0.05, 0) is 37.6 Å². The van der Waals surface area contributed by atoms with Crippen molar-refractivity contribution in [3.05, 3.63) is 65.3 Å². The summed E-state index contributed by atoms with van der Waals surface area (Å²) in [5.41, 5.74) is 2.65. The normalized spacial score (nSPS) is 12.0. The Morgan fingerprint density at radius 3 is 2.69 bits per heavy atom. The molecule has 0 spiro atoms. The van der Waals surface area contributed by atoms with E-state index in [0.29, 0.717) is 34.7 Å². The van der Waals surface area contributed by atoms with Crippen molar-refractivity contribution in [1.82, 2.24) is 10.1 Å². The van der Waals surface area contributed by atoms with Gasteiger partial charge in [-0.1, -0.05) is 48.3 Å². The molecule has 7 nitrogen and oxygen atoms in total. The van der Waals surface area contributed by atoms with Crippen LogP contribution in [-0.2, 0) is 11.2 Å². The Labute approximate surface area is 189 Å². The van der Waals surface area contributed by atoms with E-state index >= 15 is 0 Å². The summed E-state index contributed by atoms with van der Waals surface area (Å²) in [6.07, 6.45) is 0.531. The third kappa shape index (κ3) is 4.53. The van der Waals surface area contributed by atoms with Gasteiger partial charge in [-0.15, -0.1) is 0 Å². The lowest BCUT2D eigenvalue weighted by atomic mass is 10.0. The minimum absolute atomic E-state index is 0.242. The number of pyridine rings is 1. The van der Waals surface area contributed by atoms with Crippen LogP contribution in [0.2, 0.25) is 5.02 Å². The van der Waals surface area contributed by atoms with E-state index in [0.717, 1.165) is 17.7 Å². The molecule has 164 valence electrons. The molecule has 2 aromatic carbocycles. The number of carboxylic acids is 1. The van der Waals surface area contributed by atoms with Crippen molar-refractivity contribution in [3.8, 4) is 28.6 Å². The molecule has 0 bridgehead atoms. The summed E-state index contributed by atoms with van der Waals surface area (Å²) in [4.78, 5) is 15.9. The topological polar surface area (TPSA) is 94.7 Å². The lowest BCUT2D eigenvalue weighted by Gasteiger charge is -2.12. The Balaban J connectivity index is 1.74. The molecule has 0 saturated heterocycles. The van der Waals surface area contributed by atoms with Gasteiger partial charge in [-0.3, -0.25) is 0 Å². The van der Waals surface area contributed by atoms with Crippen molar-refractivity contribution in [3.63, 3.8) is 0 Å². The van der Waals surface area contributed by atoms with Gasteiger partial charge in [-0.2, -0.15) is 0 Å². The van der Waals surface area contributed by atoms with Gasteiger partial charge in [0, 0.05) is 17.7 Å². The number of ether oxygens (including phenoxy) is 2. The number of benzene rings is 2. The molecule has 0 saturated carbocycles. The molecule has 0 aliphatic heterocycles.